The second kappa shape index (κ2) is 5.88. The highest BCUT2D eigenvalue weighted by Crippen LogP contribution is 2.34. The van der Waals surface area contributed by atoms with Gasteiger partial charge in [0.25, 0.3) is 11.6 Å². The van der Waals surface area contributed by atoms with Crippen LogP contribution in [0, 0.1) is 10.1 Å². The van der Waals surface area contributed by atoms with Crippen LogP contribution in [0.1, 0.15) is 5.76 Å². The number of furan rings is 1. The van der Waals surface area contributed by atoms with Crippen LogP contribution in [0.15, 0.2) is 40.4 Å². The number of ether oxygens (including phenoxy) is 1. The molecule has 0 atom stereocenters. The molecule has 1 saturated heterocycles. The first kappa shape index (κ1) is 15.3. The standard InChI is InChI=1S/C15H11N3O6/c1-23-12-4-2-8(18(21)22)6-10(12)13-5-3-9(24-13)7-11-14(19)17-15(20)16-11/h2-7H,1H3,(H2,16,17,19,20). The minimum absolute atomic E-state index is 0.0481. The molecule has 0 spiro atoms. The Morgan fingerprint density at radius 3 is 2.62 bits per heavy atom. The van der Waals surface area contributed by atoms with Gasteiger partial charge in [-0.15, -0.1) is 0 Å². The Morgan fingerprint density at radius 2 is 2.00 bits per heavy atom. The van der Waals surface area contributed by atoms with Gasteiger partial charge in [-0.3, -0.25) is 20.2 Å². The van der Waals surface area contributed by atoms with Crippen molar-refractivity contribution in [2.24, 2.45) is 0 Å². The Labute approximate surface area is 135 Å². The van der Waals surface area contributed by atoms with Crippen LogP contribution < -0.4 is 15.4 Å². The molecule has 9 heteroatoms. The van der Waals surface area contributed by atoms with Crippen LogP contribution in [0.2, 0.25) is 0 Å². The van der Waals surface area contributed by atoms with E-state index in [1.54, 1.807) is 12.1 Å². The Balaban J connectivity index is 1.97. The molecule has 2 heterocycles. The molecule has 122 valence electrons. The number of nitro groups is 1. The van der Waals surface area contributed by atoms with Crippen LogP contribution in [0.4, 0.5) is 10.5 Å². The average molecular weight is 329 g/mol. The predicted octanol–water partition coefficient (Wildman–Crippen LogP) is 2.04. The lowest BCUT2D eigenvalue weighted by Crippen LogP contribution is -2.22. The molecular weight excluding hydrogens is 318 g/mol. The summed E-state index contributed by atoms with van der Waals surface area (Å²) in [5.74, 6) is 0.463. The van der Waals surface area contributed by atoms with Crippen molar-refractivity contribution in [2.75, 3.05) is 7.11 Å². The maximum atomic E-state index is 11.5. The lowest BCUT2D eigenvalue weighted by atomic mass is 10.1. The van der Waals surface area contributed by atoms with E-state index in [9.17, 15) is 19.7 Å². The van der Waals surface area contributed by atoms with Gasteiger partial charge in [0, 0.05) is 18.2 Å². The van der Waals surface area contributed by atoms with Crippen LogP contribution in [0.3, 0.4) is 0 Å². The molecule has 3 amide bonds. The van der Waals surface area contributed by atoms with E-state index in [-0.39, 0.29) is 11.4 Å². The summed E-state index contributed by atoms with van der Waals surface area (Å²) in [7, 11) is 1.44. The zero-order chi connectivity index (χ0) is 17.3. The molecule has 2 aromatic rings. The molecule has 1 aliphatic heterocycles. The second-order valence-corrected chi connectivity index (χ2v) is 4.81. The molecule has 1 aromatic carbocycles. The minimum atomic E-state index is -0.613. The summed E-state index contributed by atoms with van der Waals surface area (Å²) >= 11 is 0. The van der Waals surface area contributed by atoms with Crippen molar-refractivity contribution in [3.63, 3.8) is 0 Å². The van der Waals surface area contributed by atoms with Gasteiger partial charge in [-0.05, 0) is 18.2 Å². The molecule has 3 rings (SSSR count). The number of rotatable bonds is 4. The summed E-state index contributed by atoms with van der Waals surface area (Å²) in [6.45, 7) is 0. The fourth-order valence-electron chi connectivity index (χ4n) is 2.20. The molecule has 0 radical (unpaired) electrons. The number of benzene rings is 1. The Hall–Kier alpha value is -3.62. The van der Waals surface area contributed by atoms with E-state index < -0.39 is 16.9 Å². The fourth-order valence-corrected chi connectivity index (χ4v) is 2.20. The summed E-state index contributed by atoms with van der Waals surface area (Å²) in [5, 5.41) is 15.3. The van der Waals surface area contributed by atoms with E-state index in [2.05, 4.69) is 10.6 Å². The average Bonchev–Trinajstić information content (AvgIpc) is 3.13. The van der Waals surface area contributed by atoms with Gasteiger partial charge >= 0.3 is 6.03 Å². The van der Waals surface area contributed by atoms with Crippen molar-refractivity contribution < 1.29 is 23.7 Å². The molecule has 9 nitrogen and oxygen atoms in total. The van der Waals surface area contributed by atoms with Crippen LogP contribution in [-0.4, -0.2) is 24.0 Å². The third-order valence-corrected chi connectivity index (χ3v) is 3.29. The Morgan fingerprint density at radius 1 is 1.21 bits per heavy atom. The second-order valence-electron chi connectivity index (χ2n) is 4.81. The molecular formula is C15H11N3O6. The van der Waals surface area contributed by atoms with Crippen LogP contribution in [0.25, 0.3) is 17.4 Å². The summed E-state index contributed by atoms with van der Waals surface area (Å²) in [4.78, 5) is 33.0. The number of urea groups is 1. The first-order chi connectivity index (χ1) is 11.5. The van der Waals surface area contributed by atoms with E-state index in [0.717, 1.165) is 0 Å². The Kier molecular flexibility index (Phi) is 3.74. The number of nitro benzene ring substituents is 1. The van der Waals surface area contributed by atoms with E-state index in [1.165, 1.54) is 31.4 Å². The van der Waals surface area contributed by atoms with E-state index in [4.69, 9.17) is 9.15 Å². The topological polar surface area (TPSA) is 124 Å². The molecule has 0 aliphatic carbocycles. The third kappa shape index (κ3) is 2.82. The normalized spacial score (nSPS) is 15.3. The summed E-state index contributed by atoms with van der Waals surface area (Å²) in [5.41, 5.74) is 0.340. The lowest BCUT2D eigenvalue weighted by Gasteiger charge is -2.05. The van der Waals surface area contributed by atoms with E-state index >= 15 is 0 Å². The monoisotopic (exact) mass is 329 g/mol. The van der Waals surface area contributed by atoms with Gasteiger partial charge < -0.3 is 14.5 Å². The number of carbonyl (C=O) groups is 2. The van der Waals surface area contributed by atoms with Gasteiger partial charge in [-0.25, -0.2) is 4.79 Å². The van der Waals surface area contributed by atoms with Gasteiger partial charge in [0.05, 0.1) is 17.6 Å². The number of nitrogens with zero attached hydrogens (tertiary/aromatic N) is 1. The van der Waals surface area contributed by atoms with Crippen molar-refractivity contribution in [3.05, 3.63) is 51.9 Å². The van der Waals surface area contributed by atoms with E-state index in [0.29, 0.717) is 22.8 Å². The van der Waals surface area contributed by atoms with Gasteiger partial charge in [0.2, 0.25) is 0 Å². The van der Waals surface area contributed by atoms with Crippen molar-refractivity contribution >= 4 is 23.7 Å². The van der Waals surface area contributed by atoms with Crippen LogP contribution >= 0.6 is 0 Å². The van der Waals surface area contributed by atoms with Crippen LogP contribution in [-0.2, 0) is 4.79 Å². The maximum Gasteiger partial charge on any atom is 0.326 e. The van der Waals surface area contributed by atoms with Gasteiger partial charge in [-0.1, -0.05) is 0 Å². The molecule has 1 aromatic heterocycles. The quantitative estimate of drug-likeness (QED) is 0.383. The van der Waals surface area contributed by atoms with Crippen LogP contribution in [0.5, 0.6) is 5.75 Å². The highest BCUT2D eigenvalue weighted by atomic mass is 16.6. The van der Waals surface area contributed by atoms with Gasteiger partial charge in [-0.2, -0.15) is 0 Å². The van der Waals surface area contributed by atoms with Crippen molar-refractivity contribution in [1.29, 1.82) is 0 Å². The number of carbonyl (C=O) groups excluding carboxylic acids is 2. The maximum absolute atomic E-state index is 11.5. The number of non-ortho nitro benzene ring substituents is 1. The first-order valence-corrected chi connectivity index (χ1v) is 6.74. The molecule has 0 bridgehead atoms. The number of methoxy groups -OCH3 is 1. The summed E-state index contributed by atoms with van der Waals surface area (Å²) in [6.07, 6.45) is 1.35. The SMILES string of the molecule is COc1ccc([N+](=O)[O-])cc1-c1ccc(C=C2NC(=O)NC2=O)o1. The fraction of sp³-hybridized carbons (Fsp3) is 0.0667. The molecule has 2 N–H and O–H groups in total. The number of hydrogen-bond donors (Lipinski definition) is 2. The van der Waals surface area contributed by atoms with E-state index in [1.807, 2.05) is 0 Å². The predicted molar refractivity (Wildman–Crippen MR) is 82.0 cm³/mol. The largest absolute Gasteiger partial charge is 0.496 e. The number of hydrogen-bond acceptors (Lipinski definition) is 6. The third-order valence-electron chi connectivity index (χ3n) is 3.29. The smallest absolute Gasteiger partial charge is 0.326 e. The zero-order valence-corrected chi connectivity index (χ0v) is 12.4. The Bertz CT molecular complexity index is 883. The molecule has 1 aliphatic rings. The number of imide groups is 1. The molecule has 24 heavy (non-hydrogen) atoms. The van der Waals surface area contributed by atoms with Gasteiger partial charge in [0.15, 0.2) is 0 Å². The molecule has 1 fully saturated rings. The minimum Gasteiger partial charge on any atom is -0.496 e. The summed E-state index contributed by atoms with van der Waals surface area (Å²) in [6, 6.07) is 6.67. The number of nitrogens with one attached hydrogen (secondary N) is 2. The lowest BCUT2D eigenvalue weighted by molar-refractivity contribution is -0.384. The van der Waals surface area contributed by atoms with Crippen molar-refractivity contribution in [2.45, 2.75) is 0 Å². The number of amides is 3. The molecule has 0 saturated carbocycles. The first-order valence-electron chi connectivity index (χ1n) is 6.74. The highest BCUT2D eigenvalue weighted by molar-refractivity contribution is 6.13. The summed E-state index contributed by atoms with van der Waals surface area (Å²) < 4.78 is 10.8. The van der Waals surface area contributed by atoms with Gasteiger partial charge in [0.1, 0.15) is 23.0 Å². The zero-order valence-electron chi connectivity index (χ0n) is 12.4. The highest BCUT2D eigenvalue weighted by Gasteiger charge is 2.23. The van der Waals surface area contributed by atoms with Crippen molar-refractivity contribution in [1.82, 2.24) is 10.6 Å². The van der Waals surface area contributed by atoms with Crippen molar-refractivity contribution in [3.8, 4) is 17.1 Å². The molecule has 0 unspecified atom stereocenters.